The van der Waals surface area contributed by atoms with Gasteiger partial charge in [0.25, 0.3) is 0 Å². The highest BCUT2D eigenvalue weighted by Crippen LogP contribution is 2.22. The summed E-state index contributed by atoms with van der Waals surface area (Å²) in [7, 11) is 0. The minimum Gasteiger partial charge on any atom is -0.381 e. The molecule has 0 aromatic heterocycles. The van der Waals surface area contributed by atoms with Gasteiger partial charge in [-0.25, -0.2) is 0 Å². The lowest BCUT2D eigenvalue weighted by molar-refractivity contribution is 0.671. The van der Waals surface area contributed by atoms with Crippen molar-refractivity contribution >= 4 is 17.3 Å². The van der Waals surface area contributed by atoms with Gasteiger partial charge in [0.05, 0.1) is 11.3 Å². The fourth-order valence-electron chi connectivity index (χ4n) is 1.45. The number of nitriles is 1. The Labute approximate surface area is 95.9 Å². The van der Waals surface area contributed by atoms with Crippen LogP contribution in [0.3, 0.4) is 0 Å². The third-order valence-electron chi connectivity index (χ3n) is 2.45. The zero-order chi connectivity index (χ0) is 11.3. The third-order valence-corrected chi connectivity index (χ3v) is 2.68. The summed E-state index contributed by atoms with van der Waals surface area (Å²) in [6, 6.07) is 7.84. The Bertz CT molecular complexity index is 364. The molecule has 0 amide bonds. The van der Waals surface area contributed by atoms with Crippen LogP contribution >= 0.6 is 11.6 Å². The monoisotopic (exact) mass is 222 g/mol. The molecule has 3 heteroatoms. The van der Waals surface area contributed by atoms with E-state index in [0.717, 1.165) is 18.5 Å². The Morgan fingerprint density at radius 2 is 2.07 bits per heavy atom. The lowest BCUT2D eigenvalue weighted by atomic mass is 10.1. The van der Waals surface area contributed by atoms with Gasteiger partial charge in [-0.1, -0.05) is 25.4 Å². The van der Waals surface area contributed by atoms with Gasteiger partial charge in [0.1, 0.15) is 6.07 Å². The van der Waals surface area contributed by atoms with Crippen LogP contribution in [0.15, 0.2) is 18.2 Å². The van der Waals surface area contributed by atoms with Crippen molar-refractivity contribution < 1.29 is 0 Å². The normalized spacial score (nSPS) is 10.1. The molecule has 0 atom stereocenters. The van der Waals surface area contributed by atoms with E-state index in [1.807, 2.05) is 0 Å². The lowest BCUT2D eigenvalue weighted by Gasteiger charge is -2.17. The number of halogens is 1. The smallest absolute Gasteiger partial charge is 0.101 e. The number of benzene rings is 1. The first kappa shape index (κ1) is 11.9. The van der Waals surface area contributed by atoms with Gasteiger partial charge in [-0.3, -0.25) is 0 Å². The summed E-state index contributed by atoms with van der Waals surface area (Å²) >= 11 is 5.89. The predicted molar refractivity (Wildman–Crippen MR) is 64.2 cm³/mol. The van der Waals surface area contributed by atoms with Gasteiger partial charge in [-0.05, 0) is 31.0 Å². The number of nitrogens with one attached hydrogen (secondary N) is 1. The molecule has 0 saturated carbocycles. The highest BCUT2D eigenvalue weighted by atomic mass is 35.5. The maximum Gasteiger partial charge on any atom is 0.101 e. The second-order valence-corrected chi connectivity index (χ2v) is 3.90. The Balaban J connectivity index is 2.92. The second kappa shape index (κ2) is 5.63. The van der Waals surface area contributed by atoms with Crippen LogP contribution in [-0.4, -0.2) is 6.04 Å². The van der Waals surface area contributed by atoms with Crippen molar-refractivity contribution in [2.24, 2.45) is 0 Å². The van der Waals surface area contributed by atoms with Crippen molar-refractivity contribution in [1.82, 2.24) is 0 Å². The van der Waals surface area contributed by atoms with Crippen molar-refractivity contribution in [2.75, 3.05) is 5.32 Å². The van der Waals surface area contributed by atoms with Crippen LogP contribution in [0, 0.1) is 11.3 Å². The zero-order valence-corrected chi connectivity index (χ0v) is 9.80. The molecule has 0 unspecified atom stereocenters. The average Bonchev–Trinajstić information content (AvgIpc) is 2.26. The first-order valence-corrected chi connectivity index (χ1v) is 5.55. The lowest BCUT2D eigenvalue weighted by Crippen LogP contribution is -2.17. The van der Waals surface area contributed by atoms with E-state index in [-0.39, 0.29) is 0 Å². The summed E-state index contributed by atoms with van der Waals surface area (Å²) < 4.78 is 0. The van der Waals surface area contributed by atoms with Gasteiger partial charge in [0.15, 0.2) is 0 Å². The molecule has 80 valence electrons. The molecule has 1 rings (SSSR count). The number of hydrogen-bond donors (Lipinski definition) is 1. The van der Waals surface area contributed by atoms with Gasteiger partial charge in [-0.15, -0.1) is 0 Å². The first-order chi connectivity index (χ1) is 7.21. The molecule has 1 aromatic rings. The summed E-state index contributed by atoms with van der Waals surface area (Å²) in [5, 5.41) is 12.9. The minimum atomic E-state index is 0.399. The van der Waals surface area contributed by atoms with Crippen molar-refractivity contribution in [3.8, 4) is 6.07 Å². The number of anilines is 1. The molecule has 0 fully saturated rings. The van der Waals surface area contributed by atoms with Gasteiger partial charge in [-0.2, -0.15) is 5.26 Å². The van der Waals surface area contributed by atoms with E-state index in [4.69, 9.17) is 16.9 Å². The fourth-order valence-corrected chi connectivity index (χ4v) is 1.62. The Morgan fingerprint density at radius 3 is 2.60 bits per heavy atom. The van der Waals surface area contributed by atoms with Crippen molar-refractivity contribution in [2.45, 2.75) is 32.7 Å². The van der Waals surface area contributed by atoms with Crippen LogP contribution in [0.4, 0.5) is 5.69 Å². The van der Waals surface area contributed by atoms with E-state index in [0.29, 0.717) is 16.6 Å². The molecule has 15 heavy (non-hydrogen) atoms. The van der Waals surface area contributed by atoms with Crippen LogP contribution in [0.2, 0.25) is 5.02 Å². The fraction of sp³-hybridized carbons (Fsp3) is 0.417. The summed E-state index contributed by atoms with van der Waals surface area (Å²) in [5.41, 5.74) is 1.48. The molecular weight excluding hydrogens is 208 g/mol. The van der Waals surface area contributed by atoms with Crippen molar-refractivity contribution in [1.29, 1.82) is 5.26 Å². The molecule has 0 bridgehead atoms. The third kappa shape index (κ3) is 3.14. The molecule has 0 spiro atoms. The summed E-state index contributed by atoms with van der Waals surface area (Å²) in [6.07, 6.45) is 2.07. The Hall–Kier alpha value is -1.20. The van der Waals surface area contributed by atoms with Gasteiger partial charge < -0.3 is 5.32 Å². The van der Waals surface area contributed by atoms with E-state index in [2.05, 4.69) is 25.2 Å². The molecule has 0 saturated heterocycles. The molecule has 1 N–H and O–H groups in total. The van der Waals surface area contributed by atoms with Crippen LogP contribution in [0.5, 0.6) is 0 Å². The quantitative estimate of drug-likeness (QED) is 0.841. The van der Waals surface area contributed by atoms with E-state index in [9.17, 15) is 0 Å². The Kier molecular flexibility index (Phi) is 4.45. The van der Waals surface area contributed by atoms with Crippen molar-refractivity contribution in [3.05, 3.63) is 28.8 Å². The minimum absolute atomic E-state index is 0.399. The molecule has 0 radical (unpaired) electrons. The average molecular weight is 223 g/mol. The Morgan fingerprint density at radius 1 is 1.40 bits per heavy atom. The summed E-state index contributed by atoms with van der Waals surface area (Å²) in [4.78, 5) is 0. The van der Waals surface area contributed by atoms with Gasteiger partial charge >= 0.3 is 0 Å². The molecule has 0 aliphatic heterocycles. The first-order valence-electron chi connectivity index (χ1n) is 5.17. The maximum atomic E-state index is 8.93. The molecule has 1 aromatic carbocycles. The molecule has 0 heterocycles. The number of hydrogen-bond acceptors (Lipinski definition) is 2. The van der Waals surface area contributed by atoms with Crippen LogP contribution in [-0.2, 0) is 0 Å². The van der Waals surface area contributed by atoms with Crippen molar-refractivity contribution in [3.63, 3.8) is 0 Å². The zero-order valence-electron chi connectivity index (χ0n) is 9.05. The SMILES string of the molecule is CCC(CC)Nc1cc(Cl)ccc1C#N. The van der Waals surface area contributed by atoms with Gasteiger partial charge in [0.2, 0.25) is 0 Å². The van der Waals surface area contributed by atoms with E-state index >= 15 is 0 Å². The standard InChI is InChI=1S/C12H15ClN2/c1-3-11(4-2)15-12-7-10(13)6-5-9(12)8-14/h5-7,11,15H,3-4H2,1-2H3. The predicted octanol–water partition coefficient (Wildman–Crippen LogP) is 3.81. The van der Waals surface area contributed by atoms with Crippen LogP contribution in [0.1, 0.15) is 32.3 Å². The van der Waals surface area contributed by atoms with E-state index < -0.39 is 0 Å². The van der Waals surface area contributed by atoms with Gasteiger partial charge in [0, 0.05) is 11.1 Å². The molecule has 0 aliphatic carbocycles. The van der Waals surface area contributed by atoms with E-state index in [1.54, 1.807) is 18.2 Å². The summed E-state index contributed by atoms with van der Waals surface area (Å²) in [6.45, 7) is 4.25. The molecular formula is C12H15ClN2. The van der Waals surface area contributed by atoms with E-state index in [1.165, 1.54) is 0 Å². The number of nitrogens with zero attached hydrogens (tertiary/aromatic N) is 1. The highest BCUT2D eigenvalue weighted by molar-refractivity contribution is 6.30. The van der Waals surface area contributed by atoms with Crippen LogP contribution in [0.25, 0.3) is 0 Å². The maximum absolute atomic E-state index is 8.93. The summed E-state index contributed by atoms with van der Waals surface area (Å²) in [5.74, 6) is 0. The largest absolute Gasteiger partial charge is 0.381 e. The number of rotatable bonds is 4. The highest BCUT2D eigenvalue weighted by Gasteiger charge is 2.07. The molecule has 0 aliphatic rings. The molecule has 2 nitrogen and oxygen atoms in total. The topological polar surface area (TPSA) is 35.8 Å². The van der Waals surface area contributed by atoms with Crippen LogP contribution < -0.4 is 5.32 Å². The second-order valence-electron chi connectivity index (χ2n) is 3.46.